The number of aromatic amines is 1. The highest BCUT2D eigenvalue weighted by Crippen LogP contribution is 2.18. The van der Waals surface area contributed by atoms with Gasteiger partial charge in [0.25, 0.3) is 0 Å². The zero-order valence-electron chi connectivity index (χ0n) is 6.02. The molecule has 0 saturated heterocycles. The summed E-state index contributed by atoms with van der Waals surface area (Å²) in [5, 5.41) is 11.5. The van der Waals surface area contributed by atoms with E-state index in [1.807, 2.05) is 0 Å². The first-order valence-electron chi connectivity index (χ1n) is 3.59. The lowest BCUT2D eigenvalue weighted by atomic mass is 10.4. The molecule has 2 rings (SSSR count). The number of anilines is 1. The summed E-state index contributed by atoms with van der Waals surface area (Å²) in [5.41, 5.74) is 1.13. The Kier molecular flexibility index (Phi) is 1.29. The van der Waals surface area contributed by atoms with E-state index in [2.05, 4.69) is 21.4 Å². The van der Waals surface area contributed by atoms with Crippen LogP contribution in [0.5, 0.6) is 0 Å². The van der Waals surface area contributed by atoms with Crippen LogP contribution in [0.4, 0.5) is 5.82 Å². The lowest BCUT2D eigenvalue weighted by Gasteiger charge is -1.88. The maximum absolute atomic E-state index is 8.38. The van der Waals surface area contributed by atoms with Crippen molar-refractivity contribution in [1.29, 1.82) is 5.26 Å². The summed E-state index contributed by atoms with van der Waals surface area (Å²) in [7, 11) is 0. The molecule has 0 bridgehead atoms. The van der Waals surface area contributed by atoms with Crippen LogP contribution in [0.3, 0.4) is 0 Å². The van der Waals surface area contributed by atoms with Crippen molar-refractivity contribution in [2.45, 2.75) is 12.8 Å². The Labute approximate surface area is 64.3 Å². The second kappa shape index (κ2) is 2.27. The summed E-state index contributed by atoms with van der Waals surface area (Å²) >= 11 is 0. The van der Waals surface area contributed by atoms with Crippen LogP contribution in [0, 0.1) is 11.3 Å². The van der Waals surface area contributed by atoms with Crippen molar-refractivity contribution in [2.75, 3.05) is 11.9 Å². The molecule has 0 aromatic carbocycles. The van der Waals surface area contributed by atoms with Crippen LogP contribution in [0.25, 0.3) is 0 Å². The molecule has 2 heterocycles. The largest absolute Gasteiger partial charge is 0.368 e. The van der Waals surface area contributed by atoms with E-state index in [0.29, 0.717) is 6.42 Å². The lowest BCUT2D eigenvalue weighted by molar-refractivity contribution is 0.979. The average Bonchev–Trinajstić information content (AvgIpc) is 2.46. The summed E-state index contributed by atoms with van der Waals surface area (Å²) < 4.78 is 0. The SMILES string of the molecule is N#CCc1nc2c([nH]1)CCN2. The highest BCUT2D eigenvalue weighted by atomic mass is 15.1. The number of nitriles is 1. The number of nitrogens with one attached hydrogen (secondary N) is 2. The van der Waals surface area contributed by atoms with E-state index in [4.69, 9.17) is 5.26 Å². The second-order valence-corrected chi connectivity index (χ2v) is 2.52. The summed E-state index contributed by atoms with van der Waals surface area (Å²) in [6, 6.07) is 2.05. The van der Waals surface area contributed by atoms with Crippen LogP contribution in [-0.2, 0) is 12.8 Å². The molecule has 4 nitrogen and oxygen atoms in total. The first-order chi connectivity index (χ1) is 5.40. The molecule has 4 heteroatoms. The normalized spacial score (nSPS) is 13.7. The number of nitrogens with zero attached hydrogens (tertiary/aromatic N) is 2. The molecule has 0 radical (unpaired) electrons. The molecule has 0 fully saturated rings. The van der Waals surface area contributed by atoms with Gasteiger partial charge in [-0.15, -0.1) is 0 Å². The third-order valence-corrected chi connectivity index (χ3v) is 1.74. The Morgan fingerprint density at radius 3 is 3.27 bits per heavy atom. The van der Waals surface area contributed by atoms with Crippen LogP contribution in [-0.4, -0.2) is 16.5 Å². The van der Waals surface area contributed by atoms with Gasteiger partial charge in [0.2, 0.25) is 0 Å². The minimum absolute atomic E-state index is 0.370. The van der Waals surface area contributed by atoms with Crippen molar-refractivity contribution < 1.29 is 0 Å². The number of imidazole rings is 1. The van der Waals surface area contributed by atoms with Gasteiger partial charge in [-0.05, 0) is 0 Å². The Balaban J connectivity index is 2.29. The van der Waals surface area contributed by atoms with Gasteiger partial charge < -0.3 is 10.3 Å². The van der Waals surface area contributed by atoms with Crippen molar-refractivity contribution in [3.63, 3.8) is 0 Å². The van der Waals surface area contributed by atoms with Gasteiger partial charge in [0.15, 0.2) is 0 Å². The van der Waals surface area contributed by atoms with Crippen molar-refractivity contribution in [3.8, 4) is 6.07 Å². The molecule has 1 aromatic heterocycles. The Morgan fingerprint density at radius 1 is 1.64 bits per heavy atom. The number of rotatable bonds is 1. The first-order valence-corrected chi connectivity index (χ1v) is 3.59. The number of aromatic nitrogens is 2. The van der Waals surface area contributed by atoms with Crippen molar-refractivity contribution >= 4 is 5.82 Å². The summed E-state index contributed by atoms with van der Waals surface area (Å²) in [4.78, 5) is 7.29. The minimum atomic E-state index is 0.370. The summed E-state index contributed by atoms with van der Waals surface area (Å²) in [6.07, 6.45) is 1.36. The smallest absolute Gasteiger partial charge is 0.147 e. The van der Waals surface area contributed by atoms with Gasteiger partial charge in [-0.25, -0.2) is 4.98 Å². The molecule has 0 saturated carbocycles. The zero-order valence-corrected chi connectivity index (χ0v) is 6.02. The highest BCUT2D eigenvalue weighted by Gasteiger charge is 2.14. The fourth-order valence-electron chi connectivity index (χ4n) is 1.26. The van der Waals surface area contributed by atoms with Gasteiger partial charge in [0.05, 0.1) is 18.2 Å². The second-order valence-electron chi connectivity index (χ2n) is 2.52. The fourth-order valence-corrected chi connectivity index (χ4v) is 1.26. The summed E-state index contributed by atoms with van der Waals surface area (Å²) in [5.74, 6) is 1.69. The molecule has 0 unspecified atom stereocenters. The van der Waals surface area contributed by atoms with Crippen LogP contribution in [0.1, 0.15) is 11.5 Å². The van der Waals surface area contributed by atoms with Crippen molar-refractivity contribution in [3.05, 3.63) is 11.5 Å². The molecule has 1 aliphatic heterocycles. The van der Waals surface area contributed by atoms with Gasteiger partial charge in [-0.1, -0.05) is 0 Å². The van der Waals surface area contributed by atoms with Crippen LogP contribution in [0.2, 0.25) is 0 Å². The Hall–Kier alpha value is -1.50. The molecular formula is C7H8N4. The molecule has 1 aromatic rings. The maximum Gasteiger partial charge on any atom is 0.147 e. The number of hydrogen-bond acceptors (Lipinski definition) is 3. The van der Waals surface area contributed by atoms with Gasteiger partial charge >= 0.3 is 0 Å². The van der Waals surface area contributed by atoms with E-state index in [1.54, 1.807) is 0 Å². The molecule has 1 aliphatic rings. The Morgan fingerprint density at radius 2 is 2.55 bits per heavy atom. The van der Waals surface area contributed by atoms with Crippen molar-refractivity contribution in [2.24, 2.45) is 0 Å². The van der Waals surface area contributed by atoms with Gasteiger partial charge in [-0.2, -0.15) is 5.26 Å². The monoisotopic (exact) mass is 148 g/mol. The van der Waals surface area contributed by atoms with E-state index < -0.39 is 0 Å². The average molecular weight is 148 g/mol. The first kappa shape index (κ1) is 6.23. The van der Waals surface area contributed by atoms with E-state index in [1.165, 1.54) is 0 Å². The summed E-state index contributed by atoms with van der Waals surface area (Å²) in [6.45, 7) is 0.959. The van der Waals surface area contributed by atoms with E-state index in [-0.39, 0.29) is 0 Å². The molecule has 0 amide bonds. The lowest BCUT2D eigenvalue weighted by Crippen LogP contribution is -1.96. The van der Waals surface area contributed by atoms with Gasteiger partial charge in [0, 0.05) is 13.0 Å². The number of H-pyrrole nitrogens is 1. The number of hydrogen-bond donors (Lipinski definition) is 2. The van der Waals surface area contributed by atoms with Crippen LogP contribution >= 0.6 is 0 Å². The topological polar surface area (TPSA) is 64.5 Å². The molecule has 2 N–H and O–H groups in total. The number of fused-ring (bicyclic) bond motifs is 1. The molecule has 11 heavy (non-hydrogen) atoms. The molecule has 56 valence electrons. The standard InChI is InChI=1S/C7H8N4/c8-3-1-6-10-5-2-4-9-7(5)11-6/h9H,1-2,4H2,(H,10,11). The predicted octanol–water partition coefficient (Wildman–Crippen LogP) is 0.444. The van der Waals surface area contributed by atoms with E-state index >= 15 is 0 Å². The maximum atomic E-state index is 8.38. The predicted molar refractivity (Wildman–Crippen MR) is 40.1 cm³/mol. The van der Waals surface area contributed by atoms with Gasteiger partial charge in [-0.3, -0.25) is 0 Å². The molecule has 0 atom stereocenters. The third-order valence-electron chi connectivity index (χ3n) is 1.74. The Bertz CT molecular complexity index is 285. The quantitative estimate of drug-likeness (QED) is 0.607. The fraction of sp³-hybridized carbons (Fsp3) is 0.429. The highest BCUT2D eigenvalue weighted by molar-refractivity contribution is 5.46. The molecule has 0 aliphatic carbocycles. The zero-order chi connectivity index (χ0) is 7.68. The van der Waals surface area contributed by atoms with Gasteiger partial charge in [0.1, 0.15) is 11.6 Å². The van der Waals surface area contributed by atoms with Crippen LogP contribution in [0.15, 0.2) is 0 Å². The van der Waals surface area contributed by atoms with E-state index in [0.717, 1.165) is 30.3 Å². The molecular weight excluding hydrogens is 140 g/mol. The van der Waals surface area contributed by atoms with Crippen LogP contribution < -0.4 is 5.32 Å². The third kappa shape index (κ3) is 0.944. The molecule has 0 spiro atoms. The van der Waals surface area contributed by atoms with Crippen molar-refractivity contribution in [1.82, 2.24) is 9.97 Å². The minimum Gasteiger partial charge on any atom is -0.368 e. The van der Waals surface area contributed by atoms with E-state index in [9.17, 15) is 0 Å².